The molecule has 2 fully saturated rings. The Balaban J connectivity index is 2.26. The molecule has 70 valence electrons. The van der Waals surface area contributed by atoms with E-state index in [1.165, 1.54) is 0 Å². The molecule has 2 nitrogen and oxygen atoms in total. The predicted octanol–water partition coefficient (Wildman–Crippen LogP) is 0.521. The molecule has 12 heavy (non-hydrogen) atoms. The number of fused-ring (bicyclic) bond motifs is 1. The van der Waals surface area contributed by atoms with Crippen molar-refractivity contribution >= 4 is 0 Å². The van der Waals surface area contributed by atoms with E-state index in [4.69, 9.17) is 5.11 Å². The van der Waals surface area contributed by atoms with Crippen LogP contribution in [0.1, 0.15) is 6.42 Å². The molecule has 2 atom stereocenters. The third-order valence-electron chi connectivity index (χ3n) is 3.27. The van der Waals surface area contributed by atoms with E-state index < -0.39 is 17.0 Å². The van der Waals surface area contributed by atoms with Crippen molar-refractivity contribution in [1.29, 1.82) is 0 Å². The van der Waals surface area contributed by atoms with E-state index in [1.54, 1.807) is 0 Å². The number of hydrogen-bond acceptors (Lipinski definition) is 2. The average molecular weight is 181 g/mol. The number of aliphatic hydroxyl groups excluding tert-OH is 1. The Morgan fingerprint density at radius 2 is 2.00 bits per heavy atom. The van der Waals surface area contributed by atoms with Gasteiger partial charge >= 0.3 is 6.18 Å². The van der Waals surface area contributed by atoms with Crippen molar-refractivity contribution in [3.8, 4) is 0 Å². The van der Waals surface area contributed by atoms with Gasteiger partial charge in [0.05, 0.1) is 12.0 Å². The van der Waals surface area contributed by atoms with Crippen LogP contribution in [0.25, 0.3) is 0 Å². The third-order valence-corrected chi connectivity index (χ3v) is 3.27. The fourth-order valence-corrected chi connectivity index (χ4v) is 2.29. The predicted molar refractivity (Wildman–Crippen MR) is 35.5 cm³/mol. The minimum atomic E-state index is -4.17. The van der Waals surface area contributed by atoms with Crippen LogP contribution in [-0.4, -0.2) is 31.0 Å². The summed E-state index contributed by atoms with van der Waals surface area (Å²) < 4.78 is 37.4. The summed E-state index contributed by atoms with van der Waals surface area (Å²) in [7, 11) is 0. The van der Waals surface area contributed by atoms with Gasteiger partial charge in [-0.1, -0.05) is 0 Å². The van der Waals surface area contributed by atoms with Gasteiger partial charge < -0.3 is 10.4 Å². The number of alkyl halides is 3. The zero-order chi connectivity index (χ0) is 9.04. The molecule has 0 spiro atoms. The largest absolute Gasteiger partial charge is 0.396 e. The Kier molecular flexibility index (Phi) is 1.36. The number of rotatable bonds is 1. The quantitative estimate of drug-likeness (QED) is 0.618. The van der Waals surface area contributed by atoms with E-state index >= 15 is 0 Å². The highest BCUT2D eigenvalue weighted by molar-refractivity contribution is 5.23. The Morgan fingerprint density at radius 3 is 2.33 bits per heavy atom. The number of hydrogen-bond donors (Lipinski definition) is 2. The molecule has 0 amide bonds. The van der Waals surface area contributed by atoms with Crippen LogP contribution in [0.2, 0.25) is 0 Å². The minimum Gasteiger partial charge on any atom is -0.396 e. The van der Waals surface area contributed by atoms with Crippen molar-refractivity contribution in [1.82, 2.24) is 5.32 Å². The molecule has 0 aromatic carbocycles. The molecule has 1 saturated heterocycles. The zero-order valence-corrected chi connectivity index (χ0v) is 6.41. The summed E-state index contributed by atoms with van der Waals surface area (Å²) >= 11 is 0. The normalized spacial score (nSPS) is 46.0. The van der Waals surface area contributed by atoms with E-state index in [1.807, 2.05) is 0 Å². The van der Waals surface area contributed by atoms with Gasteiger partial charge in [-0.15, -0.1) is 0 Å². The molecular weight excluding hydrogens is 171 g/mol. The van der Waals surface area contributed by atoms with E-state index in [0.717, 1.165) is 0 Å². The summed E-state index contributed by atoms with van der Waals surface area (Å²) in [6, 6.07) is 0. The molecule has 2 aliphatic rings. The molecule has 0 radical (unpaired) electrons. The van der Waals surface area contributed by atoms with Crippen LogP contribution in [0.4, 0.5) is 13.2 Å². The highest BCUT2D eigenvalue weighted by atomic mass is 19.4. The van der Waals surface area contributed by atoms with E-state index in [9.17, 15) is 13.2 Å². The van der Waals surface area contributed by atoms with Gasteiger partial charge in [-0.2, -0.15) is 13.2 Å². The molecule has 1 aliphatic carbocycles. The summed E-state index contributed by atoms with van der Waals surface area (Å²) in [6.45, 7) is -0.0976. The van der Waals surface area contributed by atoms with Gasteiger partial charge in [0, 0.05) is 18.5 Å². The lowest BCUT2D eigenvalue weighted by molar-refractivity contribution is -0.192. The smallest absolute Gasteiger partial charge is 0.396 e. The lowest BCUT2D eigenvalue weighted by Crippen LogP contribution is -2.32. The molecule has 2 N–H and O–H groups in total. The van der Waals surface area contributed by atoms with Crippen LogP contribution in [0, 0.1) is 10.8 Å². The lowest BCUT2D eigenvalue weighted by atomic mass is 9.97. The summed E-state index contributed by atoms with van der Waals surface area (Å²) in [6.07, 6.45) is -4.08. The van der Waals surface area contributed by atoms with Gasteiger partial charge in [-0.25, -0.2) is 0 Å². The fraction of sp³-hybridized carbons (Fsp3) is 1.00. The second kappa shape index (κ2) is 1.96. The van der Waals surface area contributed by atoms with Gasteiger partial charge in [-0.3, -0.25) is 0 Å². The van der Waals surface area contributed by atoms with Crippen molar-refractivity contribution < 1.29 is 18.3 Å². The molecule has 5 heteroatoms. The maximum absolute atomic E-state index is 12.5. The Hall–Kier alpha value is -0.290. The van der Waals surface area contributed by atoms with Gasteiger partial charge in [-0.05, 0) is 6.42 Å². The Labute approximate surface area is 67.8 Å². The second-order valence-electron chi connectivity index (χ2n) is 3.80. The molecule has 1 heterocycles. The van der Waals surface area contributed by atoms with Crippen molar-refractivity contribution in [3.05, 3.63) is 0 Å². The fourth-order valence-electron chi connectivity index (χ4n) is 2.29. The SMILES string of the molecule is OC[C@@]12CNC[C@]1(C(F)(F)F)C2. The second-order valence-corrected chi connectivity index (χ2v) is 3.80. The molecule has 1 aliphatic heterocycles. The molecule has 1 saturated carbocycles. The summed E-state index contributed by atoms with van der Waals surface area (Å²) in [5.41, 5.74) is -2.51. The molecular formula is C7H10F3NO. The zero-order valence-electron chi connectivity index (χ0n) is 6.41. The summed E-state index contributed by atoms with van der Waals surface area (Å²) in [5.74, 6) is 0. The van der Waals surface area contributed by atoms with E-state index in [2.05, 4.69) is 5.32 Å². The Bertz CT molecular complexity index is 217. The molecule has 0 unspecified atom stereocenters. The topological polar surface area (TPSA) is 32.3 Å². The molecule has 2 rings (SSSR count). The number of piperidine rings is 1. The molecule has 0 aromatic heterocycles. The molecule has 0 aromatic rings. The maximum Gasteiger partial charge on any atom is 0.396 e. The van der Waals surface area contributed by atoms with Crippen molar-refractivity contribution in [2.45, 2.75) is 12.6 Å². The van der Waals surface area contributed by atoms with E-state index in [-0.39, 0.29) is 19.6 Å². The summed E-state index contributed by atoms with van der Waals surface area (Å²) in [5, 5.41) is 11.5. The first-order valence-corrected chi connectivity index (χ1v) is 3.86. The Morgan fingerprint density at radius 1 is 1.33 bits per heavy atom. The van der Waals surface area contributed by atoms with Crippen LogP contribution in [0.15, 0.2) is 0 Å². The van der Waals surface area contributed by atoms with Gasteiger partial charge in [0.25, 0.3) is 0 Å². The van der Waals surface area contributed by atoms with Gasteiger partial charge in [0.2, 0.25) is 0 Å². The van der Waals surface area contributed by atoms with Crippen LogP contribution in [0.5, 0.6) is 0 Å². The average Bonchev–Trinajstić information content (AvgIpc) is 2.51. The number of nitrogens with one attached hydrogen (secondary N) is 1. The summed E-state index contributed by atoms with van der Waals surface area (Å²) in [4.78, 5) is 0. The third kappa shape index (κ3) is 0.688. The highest BCUT2D eigenvalue weighted by Gasteiger charge is 2.81. The van der Waals surface area contributed by atoms with Crippen LogP contribution >= 0.6 is 0 Å². The first-order valence-electron chi connectivity index (χ1n) is 3.86. The highest BCUT2D eigenvalue weighted by Crippen LogP contribution is 2.72. The van der Waals surface area contributed by atoms with Crippen molar-refractivity contribution in [3.63, 3.8) is 0 Å². The number of aliphatic hydroxyl groups is 1. The van der Waals surface area contributed by atoms with Gasteiger partial charge in [0.15, 0.2) is 0 Å². The van der Waals surface area contributed by atoms with E-state index in [0.29, 0.717) is 6.54 Å². The molecule has 0 bridgehead atoms. The van der Waals surface area contributed by atoms with Crippen LogP contribution < -0.4 is 5.32 Å². The van der Waals surface area contributed by atoms with Crippen LogP contribution in [0.3, 0.4) is 0 Å². The first-order chi connectivity index (χ1) is 5.47. The van der Waals surface area contributed by atoms with Crippen LogP contribution in [-0.2, 0) is 0 Å². The van der Waals surface area contributed by atoms with Crippen molar-refractivity contribution in [2.24, 2.45) is 10.8 Å². The number of halogens is 3. The monoisotopic (exact) mass is 181 g/mol. The van der Waals surface area contributed by atoms with Crippen molar-refractivity contribution in [2.75, 3.05) is 19.7 Å². The first kappa shape index (κ1) is 8.31. The minimum absolute atomic E-state index is 0.0307. The van der Waals surface area contributed by atoms with Gasteiger partial charge in [0.1, 0.15) is 0 Å². The standard InChI is InChI=1S/C7H10F3NO/c8-7(9,10)6-1-5(6,4-12)2-11-3-6/h11-12H,1-4H2/t5-,6-/m1/s1. The maximum atomic E-state index is 12.5. The lowest BCUT2D eigenvalue weighted by Gasteiger charge is -2.18.